The zero-order valence-electron chi connectivity index (χ0n) is 14.2. The molecule has 0 spiro atoms. The van der Waals surface area contributed by atoms with Crippen molar-refractivity contribution < 1.29 is 28.9 Å². The number of nitrogens with one attached hydrogen (secondary N) is 1. The summed E-state index contributed by atoms with van der Waals surface area (Å²) < 4.78 is 25.0. The number of aliphatic hydroxyl groups excluding tert-OH is 2. The van der Waals surface area contributed by atoms with Crippen LogP contribution in [0.25, 0.3) is 0 Å². The largest absolute Gasteiger partial charge is 0.449 e. The number of hydrogen-bond donors (Lipinski definition) is 3. The SMILES string of the molecule is CC(C)CCOC(=O)Nc1nc(=O)n(C2OC(C)C(O)C2O)cc1F. The van der Waals surface area contributed by atoms with Crippen LogP contribution in [0.2, 0.25) is 0 Å². The average molecular weight is 359 g/mol. The third-order valence-corrected chi connectivity index (χ3v) is 3.81. The Bertz CT molecular complexity index is 680. The van der Waals surface area contributed by atoms with Gasteiger partial charge < -0.3 is 19.7 Å². The summed E-state index contributed by atoms with van der Waals surface area (Å²) in [5.74, 6) is -1.26. The molecular formula is C15H22FN3O6. The lowest BCUT2D eigenvalue weighted by molar-refractivity contribution is -0.0355. The monoisotopic (exact) mass is 359 g/mol. The van der Waals surface area contributed by atoms with Gasteiger partial charge in [-0.15, -0.1) is 0 Å². The molecule has 4 atom stereocenters. The Balaban J connectivity index is 2.10. The van der Waals surface area contributed by atoms with Crippen LogP contribution in [0.5, 0.6) is 0 Å². The molecule has 2 heterocycles. The molecule has 25 heavy (non-hydrogen) atoms. The molecule has 10 heteroatoms. The van der Waals surface area contributed by atoms with Gasteiger partial charge in [0.25, 0.3) is 0 Å². The molecule has 140 valence electrons. The normalized spacial score (nSPS) is 26.0. The Morgan fingerprint density at radius 2 is 2.16 bits per heavy atom. The van der Waals surface area contributed by atoms with Crippen molar-refractivity contribution in [2.75, 3.05) is 11.9 Å². The molecule has 0 aliphatic carbocycles. The summed E-state index contributed by atoms with van der Waals surface area (Å²) in [5, 5.41) is 21.6. The van der Waals surface area contributed by atoms with Crippen molar-refractivity contribution in [1.29, 1.82) is 0 Å². The van der Waals surface area contributed by atoms with Crippen LogP contribution in [-0.2, 0) is 9.47 Å². The van der Waals surface area contributed by atoms with Gasteiger partial charge in [0, 0.05) is 0 Å². The smallest absolute Gasteiger partial charge is 0.412 e. The number of carbonyl (C=O) groups excluding carboxylic acids is 1. The van der Waals surface area contributed by atoms with E-state index < -0.39 is 48.0 Å². The van der Waals surface area contributed by atoms with Crippen LogP contribution in [0, 0.1) is 11.7 Å². The second-order valence-corrected chi connectivity index (χ2v) is 6.28. The first-order valence-electron chi connectivity index (χ1n) is 7.94. The zero-order valence-corrected chi connectivity index (χ0v) is 14.2. The summed E-state index contributed by atoms with van der Waals surface area (Å²) in [6.45, 7) is 5.57. The molecule has 1 aliphatic rings. The number of anilines is 1. The van der Waals surface area contributed by atoms with Gasteiger partial charge in [-0.2, -0.15) is 4.98 Å². The summed E-state index contributed by atoms with van der Waals surface area (Å²) in [4.78, 5) is 27.1. The number of rotatable bonds is 5. The highest BCUT2D eigenvalue weighted by Crippen LogP contribution is 2.28. The molecule has 1 amide bonds. The molecule has 0 radical (unpaired) electrons. The second-order valence-electron chi connectivity index (χ2n) is 6.28. The molecular weight excluding hydrogens is 337 g/mol. The highest BCUT2D eigenvalue weighted by Gasteiger charge is 2.42. The second kappa shape index (κ2) is 7.89. The first-order chi connectivity index (χ1) is 11.7. The molecule has 1 aromatic heterocycles. The van der Waals surface area contributed by atoms with Gasteiger partial charge in [-0.25, -0.2) is 14.0 Å². The maximum atomic E-state index is 14.1. The zero-order chi connectivity index (χ0) is 18.7. The first kappa shape index (κ1) is 19.3. The average Bonchev–Trinajstić information content (AvgIpc) is 2.77. The molecule has 0 aromatic carbocycles. The minimum Gasteiger partial charge on any atom is -0.449 e. The Morgan fingerprint density at radius 3 is 2.72 bits per heavy atom. The lowest BCUT2D eigenvalue weighted by Gasteiger charge is -2.17. The minimum absolute atomic E-state index is 0.153. The van der Waals surface area contributed by atoms with E-state index in [4.69, 9.17) is 9.47 Å². The number of hydrogen-bond acceptors (Lipinski definition) is 7. The summed E-state index contributed by atoms with van der Waals surface area (Å²) in [6.07, 6.45) is -4.16. The predicted octanol–water partition coefficient (Wildman–Crippen LogP) is 0.616. The Labute approximate surface area is 143 Å². The number of aromatic nitrogens is 2. The third-order valence-electron chi connectivity index (χ3n) is 3.81. The standard InChI is InChI=1S/C15H22FN3O6/c1-7(2)4-5-24-15(23)18-12-9(16)6-19(14(22)17-12)13-11(21)10(20)8(3)25-13/h6-8,10-11,13,20-21H,4-5H2,1-3H3,(H,17,18,22,23). The van der Waals surface area contributed by atoms with Crippen LogP contribution in [0.4, 0.5) is 15.0 Å². The Kier molecular flexibility index (Phi) is 6.09. The van der Waals surface area contributed by atoms with E-state index in [1.165, 1.54) is 6.92 Å². The number of nitrogens with zero attached hydrogens (tertiary/aromatic N) is 2. The van der Waals surface area contributed by atoms with Crippen molar-refractivity contribution in [3.63, 3.8) is 0 Å². The summed E-state index contributed by atoms with van der Waals surface area (Å²) in [7, 11) is 0. The molecule has 2 rings (SSSR count). The van der Waals surface area contributed by atoms with E-state index in [1.807, 2.05) is 13.8 Å². The quantitative estimate of drug-likeness (QED) is 0.704. The summed E-state index contributed by atoms with van der Waals surface area (Å²) in [5.41, 5.74) is -0.954. The molecule has 4 unspecified atom stereocenters. The molecule has 0 saturated carbocycles. The van der Waals surface area contributed by atoms with E-state index in [9.17, 15) is 24.2 Å². The molecule has 3 N–H and O–H groups in total. The van der Waals surface area contributed by atoms with Crippen LogP contribution in [-0.4, -0.2) is 50.8 Å². The highest BCUT2D eigenvalue weighted by molar-refractivity contribution is 5.83. The maximum absolute atomic E-state index is 14.1. The van der Waals surface area contributed by atoms with E-state index in [2.05, 4.69) is 10.3 Å². The fourth-order valence-electron chi connectivity index (χ4n) is 2.29. The van der Waals surface area contributed by atoms with Gasteiger partial charge in [0.05, 0.1) is 18.9 Å². The minimum atomic E-state index is -1.41. The number of carbonyl (C=O) groups is 1. The molecule has 1 aliphatic heterocycles. The van der Waals surface area contributed by atoms with Gasteiger partial charge in [0.15, 0.2) is 17.9 Å². The van der Waals surface area contributed by atoms with Gasteiger partial charge in [0.1, 0.15) is 12.2 Å². The lowest BCUT2D eigenvalue weighted by atomic mass is 10.1. The van der Waals surface area contributed by atoms with Crippen LogP contribution in [0.1, 0.15) is 33.4 Å². The van der Waals surface area contributed by atoms with Crippen molar-refractivity contribution in [2.45, 2.75) is 51.7 Å². The van der Waals surface area contributed by atoms with E-state index >= 15 is 0 Å². The van der Waals surface area contributed by atoms with Gasteiger partial charge >= 0.3 is 11.8 Å². The van der Waals surface area contributed by atoms with Crippen molar-refractivity contribution >= 4 is 11.9 Å². The summed E-state index contributed by atoms with van der Waals surface area (Å²) >= 11 is 0. The maximum Gasteiger partial charge on any atom is 0.412 e. The lowest BCUT2D eigenvalue weighted by Crippen LogP contribution is -2.36. The van der Waals surface area contributed by atoms with Crippen molar-refractivity contribution in [3.8, 4) is 0 Å². The molecule has 1 aromatic rings. The first-order valence-corrected chi connectivity index (χ1v) is 7.94. The topological polar surface area (TPSA) is 123 Å². The van der Waals surface area contributed by atoms with Crippen molar-refractivity contribution in [3.05, 3.63) is 22.5 Å². The Morgan fingerprint density at radius 1 is 1.48 bits per heavy atom. The fraction of sp³-hybridized carbons (Fsp3) is 0.667. The van der Waals surface area contributed by atoms with Gasteiger partial charge in [-0.05, 0) is 19.3 Å². The van der Waals surface area contributed by atoms with Crippen molar-refractivity contribution in [2.24, 2.45) is 5.92 Å². The van der Waals surface area contributed by atoms with Crippen LogP contribution in [0.15, 0.2) is 11.0 Å². The van der Waals surface area contributed by atoms with Crippen LogP contribution in [0.3, 0.4) is 0 Å². The summed E-state index contributed by atoms with van der Waals surface area (Å²) in [6, 6.07) is 0. The van der Waals surface area contributed by atoms with E-state index in [0.717, 1.165) is 10.8 Å². The third kappa shape index (κ3) is 4.53. The van der Waals surface area contributed by atoms with Gasteiger partial charge in [-0.1, -0.05) is 13.8 Å². The number of ether oxygens (including phenoxy) is 2. The van der Waals surface area contributed by atoms with Gasteiger partial charge in [0.2, 0.25) is 0 Å². The number of amides is 1. The van der Waals surface area contributed by atoms with E-state index in [1.54, 1.807) is 0 Å². The number of aliphatic hydroxyl groups is 2. The van der Waals surface area contributed by atoms with Crippen LogP contribution < -0.4 is 11.0 Å². The molecule has 1 fully saturated rings. The highest BCUT2D eigenvalue weighted by atomic mass is 19.1. The Hall–Kier alpha value is -2.04. The number of halogens is 1. The molecule has 1 saturated heterocycles. The molecule has 9 nitrogen and oxygen atoms in total. The van der Waals surface area contributed by atoms with E-state index in [0.29, 0.717) is 12.3 Å². The van der Waals surface area contributed by atoms with Crippen molar-refractivity contribution in [1.82, 2.24) is 9.55 Å². The van der Waals surface area contributed by atoms with Crippen LogP contribution >= 0.6 is 0 Å². The predicted molar refractivity (Wildman–Crippen MR) is 84.5 cm³/mol. The fourth-order valence-corrected chi connectivity index (χ4v) is 2.29. The van der Waals surface area contributed by atoms with E-state index in [-0.39, 0.29) is 6.61 Å². The van der Waals surface area contributed by atoms with Gasteiger partial charge in [-0.3, -0.25) is 9.88 Å². The molecule has 0 bridgehead atoms.